The first-order chi connectivity index (χ1) is 13.3. The van der Waals surface area contributed by atoms with E-state index in [0.29, 0.717) is 11.8 Å². The number of aldehydes is 1. The summed E-state index contributed by atoms with van der Waals surface area (Å²) in [6.07, 6.45) is 3.88. The van der Waals surface area contributed by atoms with E-state index in [1.165, 1.54) is 38.5 Å². The molecule has 0 bridgehead atoms. The van der Waals surface area contributed by atoms with Crippen LogP contribution in [0.25, 0.3) is 5.57 Å². The number of hydrogen-bond acceptors (Lipinski definition) is 5. The van der Waals surface area contributed by atoms with Crippen molar-refractivity contribution < 1.29 is 28.9 Å². The van der Waals surface area contributed by atoms with Crippen LogP contribution in [0.5, 0.6) is 23.0 Å². The van der Waals surface area contributed by atoms with Crippen LogP contribution >= 0.6 is 0 Å². The van der Waals surface area contributed by atoms with Crippen LogP contribution in [0.4, 0.5) is 4.39 Å². The molecule has 2 aromatic rings. The summed E-state index contributed by atoms with van der Waals surface area (Å²) < 4.78 is 24.4. The summed E-state index contributed by atoms with van der Waals surface area (Å²) in [4.78, 5) is 11.3. The number of rotatable bonds is 7. The first-order valence-electron chi connectivity index (χ1n) is 8.58. The van der Waals surface area contributed by atoms with Crippen LogP contribution in [0.2, 0.25) is 0 Å². The average Bonchev–Trinajstić information content (AvgIpc) is 2.65. The standard InChI is InChI=1S/C22H23FO5/c1-13(2)5-7-16-18(25)12-20(28-4)21(22(16)26)15(9-10-24)14-6-8-19(27-3)17(23)11-14/h5-6,8-12,25-26H,7H2,1-4H3/b15-9+. The van der Waals surface area contributed by atoms with Gasteiger partial charge in [-0.15, -0.1) is 0 Å². The van der Waals surface area contributed by atoms with Gasteiger partial charge in [-0.2, -0.15) is 0 Å². The molecule has 5 nitrogen and oxygen atoms in total. The van der Waals surface area contributed by atoms with Gasteiger partial charge >= 0.3 is 0 Å². The highest BCUT2D eigenvalue weighted by atomic mass is 19.1. The number of hydrogen-bond donors (Lipinski definition) is 2. The Morgan fingerprint density at radius 3 is 2.32 bits per heavy atom. The molecule has 0 amide bonds. The van der Waals surface area contributed by atoms with Gasteiger partial charge in [-0.3, -0.25) is 4.79 Å². The van der Waals surface area contributed by atoms with E-state index in [1.54, 1.807) is 6.07 Å². The van der Waals surface area contributed by atoms with Crippen molar-refractivity contribution in [3.05, 3.63) is 64.5 Å². The SMILES string of the molecule is COc1ccc(/C(=C\C=O)c2c(OC)cc(O)c(CC=C(C)C)c2O)cc1F. The van der Waals surface area contributed by atoms with Crippen molar-refractivity contribution in [2.45, 2.75) is 20.3 Å². The van der Waals surface area contributed by atoms with E-state index >= 15 is 0 Å². The van der Waals surface area contributed by atoms with Gasteiger partial charge in [0.15, 0.2) is 11.6 Å². The second-order valence-electron chi connectivity index (χ2n) is 6.35. The van der Waals surface area contributed by atoms with Crippen molar-refractivity contribution in [2.75, 3.05) is 14.2 Å². The molecule has 2 N–H and O–H groups in total. The molecule has 0 spiro atoms. The van der Waals surface area contributed by atoms with Gasteiger partial charge in [-0.1, -0.05) is 17.7 Å². The van der Waals surface area contributed by atoms with E-state index in [1.807, 2.05) is 19.9 Å². The quantitative estimate of drug-likeness (QED) is 0.419. The highest BCUT2D eigenvalue weighted by Gasteiger charge is 2.22. The zero-order valence-electron chi connectivity index (χ0n) is 16.2. The third-order valence-corrected chi connectivity index (χ3v) is 4.25. The molecule has 0 aliphatic heterocycles. The Bertz CT molecular complexity index is 940. The lowest BCUT2D eigenvalue weighted by atomic mass is 9.92. The molecule has 0 fully saturated rings. The molecule has 0 atom stereocenters. The Labute approximate surface area is 163 Å². The molecule has 0 radical (unpaired) electrons. The Balaban J connectivity index is 2.75. The van der Waals surface area contributed by atoms with Crippen molar-refractivity contribution in [2.24, 2.45) is 0 Å². The second-order valence-corrected chi connectivity index (χ2v) is 6.35. The van der Waals surface area contributed by atoms with Crippen molar-refractivity contribution in [3.63, 3.8) is 0 Å². The van der Waals surface area contributed by atoms with Crippen molar-refractivity contribution in [1.29, 1.82) is 0 Å². The smallest absolute Gasteiger partial charge is 0.165 e. The predicted octanol–water partition coefficient (Wildman–Crippen LogP) is 4.39. The normalized spacial score (nSPS) is 11.1. The molecule has 0 saturated carbocycles. The second kappa shape index (κ2) is 9.08. The number of methoxy groups -OCH3 is 2. The van der Waals surface area contributed by atoms with Crippen LogP contribution in [0.15, 0.2) is 42.0 Å². The summed E-state index contributed by atoms with van der Waals surface area (Å²) in [5.41, 5.74) is 2.08. The number of phenolic OH excluding ortho intramolecular Hbond substituents is 2. The molecule has 0 aromatic heterocycles. The van der Waals surface area contributed by atoms with Crippen LogP contribution in [0, 0.1) is 5.82 Å². The van der Waals surface area contributed by atoms with Gasteiger partial charge in [0.05, 0.1) is 19.8 Å². The van der Waals surface area contributed by atoms with Crippen LogP contribution in [-0.2, 0) is 11.2 Å². The largest absolute Gasteiger partial charge is 0.507 e. The first-order valence-corrected chi connectivity index (χ1v) is 8.58. The summed E-state index contributed by atoms with van der Waals surface area (Å²) in [7, 11) is 2.73. The highest BCUT2D eigenvalue weighted by molar-refractivity contribution is 5.94. The van der Waals surface area contributed by atoms with Gasteiger partial charge in [0.1, 0.15) is 23.5 Å². The van der Waals surface area contributed by atoms with Gasteiger partial charge in [-0.05, 0) is 49.6 Å². The first kappa shape index (κ1) is 21.0. The summed E-state index contributed by atoms with van der Waals surface area (Å²) >= 11 is 0. The maximum Gasteiger partial charge on any atom is 0.165 e. The lowest BCUT2D eigenvalue weighted by Gasteiger charge is -2.18. The van der Waals surface area contributed by atoms with Crippen molar-refractivity contribution in [1.82, 2.24) is 0 Å². The zero-order valence-corrected chi connectivity index (χ0v) is 16.2. The van der Waals surface area contributed by atoms with E-state index in [0.717, 1.165) is 5.57 Å². The van der Waals surface area contributed by atoms with E-state index in [2.05, 4.69) is 0 Å². The van der Waals surface area contributed by atoms with E-state index < -0.39 is 5.82 Å². The Hall–Kier alpha value is -3.28. The predicted molar refractivity (Wildman–Crippen MR) is 106 cm³/mol. The molecule has 0 heterocycles. The highest BCUT2D eigenvalue weighted by Crippen LogP contribution is 2.44. The van der Waals surface area contributed by atoms with E-state index in [9.17, 15) is 19.4 Å². The Kier molecular flexibility index (Phi) is 6.82. The fraction of sp³-hybridized carbons (Fsp3) is 0.227. The molecule has 2 aromatic carbocycles. The molecule has 2 rings (SSSR count). The summed E-state index contributed by atoms with van der Waals surface area (Å²) in [5, 5.41) is 21.2. The molecule has 148 valence electrons. The summed E-state index contributed by atoms with van der Waals surface area (Å²) in [5.74, 6) is -0.778. The Morgan fingerprint density at radius 2 is 1.79 bits per heavy atom. The molecule has 6 heteroatoms. The van der Waals surface area contributed by atoms with Gasteiger partial charge in [-0.25, -0.2) is 4.39 Å². The molecule has 0 aliphatic carbocycles. The topological polar surface area (TPSA) is 76.0 Å². The molecule has 28 heavy (non-hydrogen) atoms. The number of phenols is 2. The number of ether oxygens (including phenoxy) is 2. The molecular weight excluding hydrogens is 363 g/mol. The van der Waals surface area contributed by atoms with E-state index in [4.69, 9.17) is 9.47 Å². The Morgan fingerprint density at radius 1 is 1.11 bits per heavy atom. The average molecular weight is 386 g/mol. The molecular formula is C22H23FO5. The third-order valence-electron chi connectivity index (χ3n) is 4.25. The van der Waals surface area contributed by atoms with Crippen molar-refractivity contribution >= 4 is 11.9 Å². The maximum atomic E-state index is 14.2. The van der Waals surface area contributed by atoms with Crippen LogP contribution in [0.3, 0.4) is 0 Å². The number of allylic oxidation sites excluding steroid dienone is 3. The maximum absolute atomic E-state index is 14.2. The monoisotopic (exact) mass is 386 g/mol. The molecule has 0 unspecified atom stereocenters. The number of aromatic hydroxyl groups is 2. The van der Waals surface area contributed by atoms with Crippen LogP contribution in [0.1, 0.15) is 30.5 Å². The van der Waals surface area contributed by atoms with Crippen LogP contribution in [-0.4, -0.2) is 30.7 Å². The van der Waals surface area contributed by atoms with Gasteiger partial charge in [0.2, 0.25) is 0 Å². The number of carbonyl (C=O) groups is 1. The fourth-order valence-electron chi connectivity index (χ4n) is 2.83. The number of halogens is 1. The van der Waals surface area contributed by atoms with Gasteiger partial charge in [0.25, 0.3) is 0 Å². The van der Waals surface area contributed by atoms with E-state index in [-0.39, 0.29) is 46.1 Å². The lowest BCUT2D eigenvalue weighted by molar-refractivity contribution is -0.104. The number of benzene rings is 2. The van der Waals surface area contributed by atoms with Crippen molar-refractivity contribution in [3.8, 4) is 23.0 Å². The zero-order chi connectivity index (χ0) is 20.8. The molecule has 0 saturated heterocycles. The summed E-state index contributed by atoms with van der Waals surface area (Å²) in [6.45, 7) is 3.80. The minimum Gasteiger partial charge on any atom is -0.507 e. The third kappa shape index (κ3) is 4.34. The van der Waals surface area contributed by atoms with Gasteiger partial charge < -0.3 is 19.7 Å². The number of carbonyl (C=O) groups excluding carboxylic acids is 1. The minimum absolute atomic E-state index is 0.0559. The fourth-order valence-corrected chi connectivity index (χ4v) is 2.83. The minimum atomic E-state index is -0.612. The summed E-state index contributed by atoms with van der Waals surface area (Å²) in [6, 6.07) is 5.56. The molecule has 0 aliphatic rings. The van der Waals surface area contributed by atoms with Crippen LogP contribution < -0.4 is 9.47 Å². The lowest BCUT2D eigenvalue weighted by Crippen LogP contribution is -1.99. The van der Waals surface area contributed by atoms with Gasteiger partial charge in [0, 0.05) is 11.6 Å².